The Morgan fingerprint density at radius 1 is 1.31 bits per heavy atom. The van der Waals surface area contributed by atoms with Crippen LogP contribution in [0.2, 0.25) is 0 Å². The minimum Gasteiger partial charge on any atom is -0.444 e. The summed E-state index contributed by atoms with van der Waals surface area (Å²) < 4.78 is 5.46. The normalized spacial score (nSPS) is 31.9. The van der Waals surface area contributed by atoms with Gasteiger partial charge in [-0.15, -0.1) is 0 Å². The van der Waals surface area contributed by atoms with Gasteiger partial charge in [0.25, 0.3) is 5.91 Å². The fraction of sp³-hybridized carbons (Fsp3) is 0.833. The number of hydrogen-bond acceptors (Lipinski definition) is 5. The van der Waals surface area contributed by atoms with Gasteiger partial charge in [0.1, 0.15) is 11.1 Å². The number of piperidine rings is 1. The van der Waals surface area contributed by atoms with Crippen LogP contribution in [-0.4, -0.2) is 59.7 Å². The molecule has 3 N–H and O–H groups in total. The van der Waals surface area contributed by atoms with E-state index in [0.717, 1.165) is 25.7 Å². The molecule has 1 spiro atoms. The van der Waals surface area contributed by atoms with E-state index in [1.165, 1.54) is 0 Å². The number of nitrogens with zero attached hydrogens (tertiary/aromatic N) is 1. The summed E-state index contributed by atoms with van der Waals surface area (Å²) in [5.74, 6) is -0.128. The highest BCUT2D eigenvalue weighted by Gasteiger charge is 2.54. The van der Waals surface area contributed by atoms with Gasteiger partial charge in [0.05, 0.1) is 0 Å². The number of imide groups is 1. The van der Waals surface area contributed by atoms with Crippen molar-refractivity contribution in [3.05, 3.63) is 0 Å². The minimum absolute atomic E-state index is 0.0749. The lowest BCUT2D eigenvalue weighted by atomic mass is 9.86. The lowest BCUT2D eigenvalue weighted by Gasteiger charge is -2.36. The van der Waals surface area contributed by atoms with Crippen molar-refractivity contribution >= 4 is 18.0 Å². The van der Waals surface area contributed by atoms with Gasteiger partial charge in [-0.3, -0.25) is 10.1 Å². The van der Waals surface area contributed by atoms with Crippen LogP contribution < -0.4 is 16.0 Å². The monoisotopic (exact) mass is 366 g/mol. The first-order valence-corrected chi connectivity index (χ1v) is 9.54. The molecular weight excluding hydrogens is 336 g/mol. The standard InChI is InChI=1S/C18H30N4O4/c1-17(2,3)26-16(25)22-9-5-7-13(11-22)19-10-12-6-4-8-18(12)14(23)20-15(24)21-18/h12-13,19H,4-11H2,1-3H3,(H2,20,21,23,24)/t12-,13-,18+/m0/s1. The van der Waals surface area contributed by atoms with Crippen LogP contribution in [0.25, 0.3) is 0 Å². The summed E-state index contributed by atoms with van der Waals surface area (Å²) >= 11 is 0. The average molecular weight is 366 g/mol. The van der Waals surface area contributed by atoms with Crippen molar-refractivity contribution in [1.29, 1.82) is 0 Å². The molecule has 0 aromatic rings. The fourth-order valence-corrected chi connectivity index (χ4v) is 4.27. The second kappa shape index (κ2) is 7.06. The third kappa shape index (κ3) is 3.95. The van der Waals surface area contributed by atoms with E-state index in [2.05, 4.69) is 16.0 Å². The summed E-state index contributed by atoms with van der Waals surface area (Å²) in [6.07, 6.45) is 4.15. The van der Waals surface area contributed by atoms with E-state index in [4.69, 9.17) is 4.74 Å². The van der Waals surface area contributed by atoms with Gasteiger partial charge < -0.3 is 20.3 Å². The van der Waals surface area contributed by atoms with Gasteiger partial charge in [0.2, 0.25) is 0 Å². The van der Waals surface area contributed by atoms with Gasteiger partial charge in [-0.2, -0.15) is 0 Å². The second-order valence-corrected chi connectivity index (χ2v) is 8.64. The molecule has 3 rings (SSSR count). The van der Waals surface area contributed by atoms with E-state index >= 15 is 0 Å². The molecule has 0 aromatic carbocycles. The third-order valence-electron chi connectivity index (χ3n) is 5.52. The van der Waals surface area contributed by atoms with E-state index in [0.29, 0.717) is 26.1 Å². The summed E-state index contributed by atoms with van der Waals surface area (Å²) in [5, 5.41) is 8.74. The Bertz CT molecular complexity index is 588. The first-order chi connectivity index (χ1) is 12.2. The van der Waals surface area contributed by atoms with Gasteiger partial charge >= 0.3 is 12.1 Å². The molecule has 2 saturated heterocycles. The van der Waals surface area contributed by atoms with Gasteiger partial charge in [-0.25, -0.2) is 9.59 Å². The molecule has 3 atom stereocenters. The highest BCUT2D eigenvalue weighted by Crippen LogP contribution is 2.37. The van der Waals surface area contributed by atoms with Gasteiger partial charge in [-0.1, -0.05) is 6.42 Å². The Morgan fingerprint density at radius 2 is 2.08 bits per heavy atom. The molecule has 1 aliphatic carbocycles. The topological polar surface area (TPSA) is 99.8 Å². The number of hydrogen-bond donors (Lipinski definition) is 3. The molecule has 4 amide bonds. The molecule has 26 heavy (non-hydrogen) atoms. The highest BCUT2D eigenvalue weighted by molar-refractivity contribution is 6.07. The van der Waals surface area contributed by atoms with Crippen molar-refractivity contribution in [3.8, 4) is 0 Å². The molecule has 146 valence electrons. The molecule has 0 bridgehead atoms. The molecule has 0 aromatic heterocycles. The summed E-state index contributed by atoms with van der Waals surface area (Å²) in [7, 11) is 0. The zero-order chi connectivity index (χ0) is 18.9. The maximum atomic E-state index is 12.3. The van der Waals surface area contributed by atoms with Crippen LogP contribution in [0.5, 0.6) is 0 Å². The van der Waals surface area contributed by atoms with Crippen molar-refractivity contribution in [2.24, 2.45) is 5.92 Å². The lowest BCUT2D eigenvalue weighted by molar-refractivity contribution is -0.125. The molecule has 2 aliphatic heterocycles. The maximum Gasteiger partial charge on any atom is 0.410 e. The summed E-state index contributed by atoms with van der Waals surface area (Å²) in [6, 6.07) is -0.218. The molecule has 0 radical (unpaired) electrons. The Balaban J connectivity index is 1.54. The van der Waals surface area contributed by atoms with Crippen molar-refractivity contribution < 1.29 is 19.1 Å². The Morgan fingerprint density at radius 3 is 2.73 bits per heavy atom. The molecular formula is C18H30N4O4. The zero-order valence-corrected chi connectivity index (χ0v) is 15.9. The smallest absolute Gasteiger partial charge is 0.410 e. The first kappa shape index (κ1) is 18.9. The quantitative estimate of drug-likeness (QED) is 0.655. The highest BCUT2D eigenvalue weighted by atomic mass is 16.6. The van der Waals surface area contributed by atoms with E-state index < -0.39 is 17.2 Å². The van der Waals surface area contributed by atoms with Crippen LogP contribution in [0.15, 0.2) is 0 Å². The number of carbonyl (C=O) groups excluding carboxylic acids is 3. The molecule has 1 saturated carbocycles. The van der Waals surface area contributed by atoms with Crippen LogP contribution in [0.4, 0.5) is 9.59 Å². The third-order valence-corrected chi connectivity index (χ3v) is 5.52. The first-order valence-electron chi connectivity index (χ1n) is 9.54. The summed E-state index contributed by atoms with van der Waals surface area (Å²) in [6.45, 7) is 7.56. The van der Waals surface area contributed by atoms with Crippen LogP contribution >= 0.6 is 0 Å². The zero-order valence-electron chi connectivity index (χ0n) is 15.9. The summed E-state index contributed by atoms with van der Waals surface area (Å²) in [4.78, 5) is 37.9. The van der Waals surface area contributed by atoms with E-state index in [1.807, 2.05) is 20.8 Å². The van der Waals surface area contributed by atoms with Crippen molar-refractivity contribution in [2.75, 3.05) is 19.6 Å². The van der Waals surface area contributed by atoms with Gasteiger partial charge in [-0.05, 0) is 46.5 Å². The number of rotatable bonds is 3. The Labute approximate surface area is 154 Å². The van der Waals surface area contributed by atoms with Crippen LogP contribution in [-0.2, 0) is 9.53 Å². The molecule has 8 heteroatoms. The van der Waals surface area contributed by atoms with Gasteiger partial charge in [0, 0.05) is 31.6 Å². The summed E-state index contributed by atoms with van der Waals surface area (Å²) in [5.41, 5.74) is -1.26. The van der Waals surface area contributed by atoms with Crippen molar-refractivity contribution in [2.45, 2.75) is 70.1 Å². The average Bonchev–Trinajstić information content (AvgIpc) is 3.07. The van der Waals surface area contributed by atoms with Crippen molar-refractivity contribution in [1.82, 2.24) is 20.9 Å². The van der Waals surface area contributed by atoms with E-state index in [9.17, 15) is 14.4 Å². The van der Waals surface area contributed by atoms with Crippen LogP contribution in [0, 0.1) is 5.92 Å². The molecule has 8 nitrogen and oxygen atoms in total. The minimum atomic E-state index is -0.760. The number of ether oxygens (including phenoxy) is 1. The predicted octanol–water partition coefficient (Wildman–Crippen LogP) is 1.35. The molecule has 3 fully saturated rings. The number of likely N-dealkylation sites (tertiary alicyclic amines) is 1. The SMILES string of the molecule is CC(C)(C)OC(=O)N1CCC[C@H](NC[C@@H]2CCC[C@@]23NC(=O)NC3=O)C1. The van der Waals surface area contributed by atoms with E-state index in [1.54, 1.807) is 4.90 Å². The second-order valence-electron chi connectivity index (χ2n) is 8.64. The molecule has 3 aliphatic rings. The van der Waals surface area contributed by atoms with Crippen LogP contribution in [0.1, 0.15) is 52.9 Å². The van der Waals surface area contributed by atoms with E-state index in [-0.39, 0.29) is 24.0 Å². The number of urea groups is 1. The Kier molecular flexibility index (Phi) is 5.14. The van der Waals surface area contributed by atoms with Crippen LogP contribution in [0.3, 0.4) is 0 Å². The number of nitrogens with one attached hydrogen (secondary N) is 3. The lowest BCUT2D eigenvalue weighted by Crippen LogP contribution is -2.55. The molecule has 2 heterocycles. The fourth-order valence-electron chi connectivity index (χ4n) is 4.27. The van der Waals surface area contributed by atoms with Crippen molar-refractivity contribution in [3.63, 3.8) is 0 Å². The maximum absolute atomic E-state index is 12.3. The Hall–Kier alpha value is -1.83. The largest absolute Gasteiger partial charge is 0.444 e. The number of carbonyl (C=O) groups is 3. The van der Waals surface area contributed by atoms with Gasteiger partial charge in [0.15, 0.2) is 0 Å². The number of amides is 4. The molecule has 0 unspecified atom stereocenters. The predicted molar refractivity (Wildman–Crippen MR) is 95.6 cm³/mol.